The van der Waals surface area contributed by atoms with E-state index in [0.717, 1.165) is 11.1 Å². The first-order chi connectivity index (χ1) is 10.1. The van der Waals surface area contributed by atoms with Crippen LogP contribution in [0.15, 0.2) is 54.9 Å². The molecule has 1 unspecified atom stereocenters. The molecule has 1 heterocycles. The summed E-state index contributed by atoms with van der Waals surface area (Å²) >= 11 is 0. The molecule has 0 bridgehead atoms. The quantitative estimate of drug-likeness (QED) is 0.853. The van der Waals surface area contributed by atoms with Gasteiger partial charge in [-0.1, -0.05) is 36.4 Å². The molecule has 2 N–H and O–H groups in total. The number of carbonyl (C=O) groups is 1. The summed E-state index contributed by atoms with van der Waals surface area (Å²) in [4.78, 5) is 16.2. The van der Waals surface area contributed by atoms with Gasteiger partial charge in [-0.15, -0.1) is 0 Å². The number of rotatable bonds is 6. The normalized spacial score (nSPS) is 13.4. The molecule has 110 valence electrons. The van der Waals surface area contributed by atoms with Gasteiger partial charge in [0.2, 0.25) is 5.91 Å². The van der Waals surface area contributed by atoms with Crippen molar-refractivity contribution in [2.24, 2.45) is 0 Å². The van der Waals surface area contributed by atoms with Gasteiger partial charge in [-0.3, -0.25) is 9.78 Å². The Balaban J connectivity index is 1.97. The molecule has 0 aliphatic carbocycles. The van der Waals surface area contributed by atoms with Gasteiger partial charge in [-0.25, -0.2) is 0 Å². The van der Waals surface area contributed by atoms with Crippen molar-refractivity contribution in [2.45, 2.75) is 25.3 Å². The number of nitrogens with zero attached hydrogens (tertiary/aromatic N) is 1. The van der Waals surface area contributed by atoms with E-state index in [4.69, 9.17) is 0 Å². The van der Waals surface area contributed by atoms with E-state index in [-0.39, 0.29) is 12.5 Å². The standard InChI is InChI=1S/C17H20N2O2/c1-17(13-20,15-7-3-2-4-8-15)19-16(21)10-9-14-6-5-11-18-12-14/h2-8,11-12,20H,9-10,13H2,1H3,(H,19,21). The average molecular weight is 284 g/mol. The molecule has 21 heavy (non-hydrogen) atoms. The summed E-state index contributed by atoms with van der Waals surface area (Å²) in [5, 5.41) is 12.6. The van der Waals surface area contributed by atoms with Crippen molar-refractivity contribution in [1.82, 2.24) is 10.3 Å². The van der Waals surface area contributed by atoms with Crippen molar-refractivity contribution < 1.29 is 9.90 Å². The van der Waals surface area contributed by atoms with Gasteiger partial charge in [0.15, 0.2) is 0 Å². The molecule has 4 heteroatoms. The van der Waals surface area contributed by atoms with E-state index in [0.29, 0.717) is 12.8 Å². The predicted octanol–water partition coefficient (Wildman–Crippen LogP) is 2.04. The average Bonchev–Trinajstić information content (AvgIpc) is 2.54. The molecule has 0 fully saturated rings. The largest absolute Gasteiger partial charge is 0.394 e. The zero-order valence-corrected chi connectivity index (χ0v) is 12.1. The highest BCUT2D eigenvalue weighted by Crippen LogP contribution is 2.20. The molecule has 0 radical (unpaired) electrons. The van der Waals surface area contributed by atoms with E-state index in [1.54, 1.807) is 12.4 Å². The van der Waals surface area contributed by atoms with Crippen molar-refractivity contribution in [3.8, 4) is 0 Å². The van der Waals surface area contributed by atoms with Crippen molar-refractivity contribution in [2.75, 3.05) is 6.61 Å². The number of hydrogen-bond acceptors (Lipinski definition) is 3. The van der Waals surface area contributed by atoms with Crippen LogP contribution in [0.25, 0.3) is 0 Å². The van der Waals surface area contributed by atoms with Crippen LogP contribution in [0.2, 0.25) is 0 Å². The molecular formula is C17H20N2O2. The van der Waals surface area contributed by atoms with E-state index in [1.807, 2.05) is 49.4 Å². The Bertz CT molecular complexity index is 572. The van der Waals surface area contributed by atoms with Gasteiger partial charge >= 0.3 is 0 Å². The smallest absolute Gasteiger partial charge is 0.221 e. The summed E-state index contributed by atoms with van der Waals surface area (Å²) in [6.07, 6.45) is 4.47. The molecule has 1 atom stereocenters. The number of benzene rings is 1. The van der Waals surface area contributed by atoms with Crippen molar-refractivity contribution in [3.05, 3.63) is 66.0 Å². The highest BCUT2D eigenvalue weighted by Gasteiger charge is 2.27. The maximum Gasteiger partial charge on any atom is 0.221 e. The summed E-state index contributed by atoms with van der Waals surface area (Å²) < 4.78 is 0. The van der Waals surface area contributed by atoms with E-state index < -0.39 is 5.54 Å². The minimum atomic E-state index is -0.757. The summed E-state index contributed by atoms with van der Waals surface area (Å²) in [6, 6.07) is 13.3. The van der Waals surface area contributed by atoms with Crippen LogP contribution in [-0.4, -0.2) is 22.6 Å². The Kier molecular flexibility index (Phi) is 5.06. The van der Waals surface area contributed by atoms with Crippen LogP contribution in [0.3, 0.4) is 0 Å². The molecule has 0 aliphatic heterocycles. The van der Waals surface area contributed by atoms with Crippen molar-refractivity contribution in [1.29, 1.82) is 0 Å². The molecular weight excluding hydrogens is 264 g/mol. The maximum absolute atomic E-state index is 12.1. The molecule has 2 aromatic rings. The molecule has 1 aromatic heterocycles. The lowest BCUT2D eigenvalue weighted by Gasteiger charge is -2.29. The maximum atomic E-state index is 12.1. The van der Waals surface area contributed by atoms with Crippen LogP contribution >= 0.6 is 0 Å². The summed E-state index contributed by atoms with van der Waals surface area (Å²) in [6.45, 7) is 1.68. The fourth-order valence-electron chi connectivity index (χ4n) is 2.18. The molecule has 1 aromatic carbocycles. The highest BCUT2D eigenvalue weighted by molar-refractivity contribution is 5.77. The first kappa shape index (κ1) is 15.2. The van der Waals surface area contributed by atoms with Crippen LogP contribution in [0.1, 0.15) is 24.5 Å². The van der Waals surface area contributed by atoms with Gasteiger partial charge in [0, 0.05) is 18.8 Å². The van der Waals surface area contributed by atoms with Gasteiger partial charge in [0.1, 0.15) is 0 Å². The molecule has 0 aliphatic rings. The SMILES string of the molecule is CC(CO)(NC(=O)CCc1cccnc1)c1ccccc1. The lowest BCUT2D eigenvalue weighted by Crippen LogP contribution is -2.46. The topological polar surface area (TPSA) is 62.2 Å². The minimum Gasteiger partial charge on any atom is -0.394 e. The minimum absolute atomic E-state index is 0.0840. The number of amides is 1. The fourth-order valence-corrected chi connectivity index (χ4v) is 2.18. The second-order valence-corrected chi connectivity index (χ2v) is 5.27. The fraction of sp³-hybridized carbons (Fsp3) is 0.294. The van der Waals surface area contributed by atoms with Crippen LogP contribution < -0.4 is 5.32 Å². The zero-order chi connectivity index (χ0) is 15.1. The summed E-state index contributed by atoms with van der Waals surface area (Å²) in [5.74, 6) is -0.0840. The van der Waals surface area contributed by atoms with Crippen molar-refractivity contribution in [3.63, 3.8) is 0 Å². The van der Waals surface area contributed by atoms with E-state index in [2.05, 4.69) is 10.3 Å². The lowest BCUT2D eigenvalue weighted by molar-refractivity contribution is -0.123. The number of aryl methyl sites for hydroxylation is 1. The number of aromatic nitrogens is 1. The van der Waals surface area contributed by atoms with Gasteiger partial charge in [-0.05, 0) is 30.5 Å². The Hall–Kier alpha value is -2.20. The second kappa shape index (κ2) is 6.99. The van der Waals surface area contributed by atoms with Gasteiger partial charge in [0.05, 0.1) is 12.1 Å². The number of hydrogen-bond donors (Lipinski definition) is 2. The number of pyridine rings is 1. The van der Waals surface area contributed by atoms with Crippen LogP contribution in [0, 0.1) is 0 Å². The van der Waals surface area contributed by atoms with Crippen LogP contribution in [-0.2, 0) is 16.8 Å². The van der Waals surface area contributed by atoms with Crippen molar-refractivity contribution >= 4 is 5.91 Å². The molecule has 0 saturated heterocycles. The molecule has 0 spiro atoms. The Labute approximate surface area is 124 Å². The van der Waals surface area contributed by atoms with Gasteiger partial charge in [0.25, 0.3) is 0 Å². The van der Waals surface area contributed by atoms with Crippen LogP contribution in [0.4, 0.5) is 0 Å². The summed E-state index contributed by atoms with van der Waals surface area (Å²) in [5.41, 5.74) is 1.16. The number of aliphatic hydroxyl groups is 1. The first-order valence-corrected chi connectivity index (χ1v) is 7.00. The third-order valence-electron chi connectivity index (χ3n) is 3.51. The van der Waals surface area contributed by atoms with Crippen LogP contribution in [0.5, 0.6) is 0 Å². The van der Waals surface area contributed by atoms with Gasteiger partial charge in [-0.2, -0.15) is 0 Å². The predicted molar refractivity (Wildman–Crippen MR) is 81.6 cm³/mol. The van der Waals surface area contributed by atoms with E-state index >= 15 is 0 Å². The second-order valence-electron chi connectivity index (χ2n) is 5.27. The third kappa shape index (κ3) is 4.13. The molecule has 0 saturated carbocycles. The lowest BCUT2D eigenvalue weighted by atomic mass is 9.92. The number of carbonyl (C=O) groups excluding carboxylic acids is 1. The zero-order valence-electron chi connectivity index (χ0n) is 12.1. The molecule has 4 nitrogen and oxygen atoms in total. The number of nitrogens with one attached hydrogen (secondary N) is 1. The third-order valence-corrected chi connectivity index (χ3v) is 3.51. The van der Waals surface area contributed by atoms with E-state index in [9.17, 15) is 9.90 Å². The first-order valence-electron chi connectivity index (χ1n) is 7.00. The molecule has 2 rings (SSSR count). The Morgan fingerprint density at radius 2 is 2.00 bits per heavy atom. The Morgan fingerprint density at radius 3 is 2.62 bits per heavy atom. The Morgan fingerprint density at radius 1 is 1.24 bits per heavy atom. The molecule has 1 amide bonds. The van der Waals surface area contributed by atoms with Gasteiger partial charge < -0.3 is 10.4 Å². The monoisotopic (exact) mass is 284 g/mol. The number of aliphatic hydroxyl groups excluding tert-OH is 1. The van der Waals surface area contributed by atoms with E-state index in [1.165, 1.54) is 0 Å². The summed E-state index contributed by atoms with van der Waals surface area (Å²) in [7, 11) is 0. The highest BCUT2D eigenvalue weighted by atomic mass is 16.3.